The van der Waals surface area contributed by atoms with Crippen molar-refractivity contribution in [3.05, 3.63) is 102 Å². The molecular formula is C31H30N6O8. The number of carbonyl (C=O) groups is 5. The second-order valence-electron chi connectivity index (χ2n) is 9.08. The molecule has 0 aliphatic rings. The first-order chi connectivity index (χ1) is 21.6. The molecule has 3 amide bonds. The summed E-state index contributed by atoms with van der Waals surface area (Å²) in [5.74, 6) is -0.751. The van der Waals surface area contributed by atoms with Crippen LogP contribution in [-0.4, -0.2) is 58.8 Å². The largest absolute Gasteiger partial charge is 0.497 e. The van der Waals surface area contributed by atoms with Crippen molar-refractivity contribution in [3.63, 3.8) is 0 Å². The summed E-state index contributed by atoms with van der Waals surface area (Å²) in [5, 5.41) is 7.58. The number of nitrogens with zero attached hydrogens (tertiary/aromatic N) is 3. The third-order valence-corrected chi connectivity index (χ3v) is 5.35. The van der Waals surface area contributed by atoms with E-state index in [0.29, 0.717) is 5.75 Å². The van der Waals surface area contributed by atoms with Gasteiger partial charge in [0.2, 0.25) is 0 Å². The Hall–Kier alpha value is -6.18. The quantitative estimate of drug-likeness (QED) is 0.225. The Morgan fingerprint density at radius 3 is 1.53 bits per heavy atom. The Morgan fingerprint density at radius 2 is 1.07 bits per heavy atom. The number of nitrogens with one attached hydrogen (secondary N) is 3. The molecule has 3 heterocycles. The maximum absolute atomic E-state index is 12.8. The van der Waals surface area contributed by atoms with Crippen molar-refractivity contribution in [1.29, 1.82) is 0 Å². The van der Waals surface area contributed by atoms with E-state index < -0.39 is 23.9 Å². The van der Waals surface area contributed by atoms with E-state index in [1.54, 1.807) is 31.4 Å². The van der Waals surface area contributed by atoms with Crippen molar-refractivity contribution < 1.29 is 38.2 Å². The minimum atomic E-state index is -0.752. The van der Waals surface area contributed by atoms with E-state index in [2.05, 4.69) is 35.6 Å². The molecule has 0 unspecified atom stereocenters. The Bertz CT molecular complexity index is 1670. The standard InChI is InChI=1S/C28H24N6O7.C3H6O/c1-39-18-14-12-17(13-15-18)16-41-28(38)34-24-11-4-7-20(30-24)26(36)32-22-9-3-6-19(29-22)25(35)33-23-10-5-8-21(31-23)27(37)40-2;1-3(2)4/h3-15H,16H2,1-2H3,(H,29,32,36)(H,30,34,38)(H,31,33,35);1-2H3. The summed E-state index contributed by atoms with van der Waals surface area (Å²) < 4.78 is 14.9. The molecule has 14 nitrogen and oxygen atoms in total. The van der Waals surface area contributed by atoms with Gasteiger partial charge in [0.15, 0.2) is 5.69 Å². The first kappa shape index (κ1) is 33.3. The Balaban J connectivity index is 0.00000130. The number of methoxy groups -OCH3 is 2. The minimum Gasteiger partial charge on any atom is -0.497 e. The van der Waals surface area contributed by atoms with Crippen LogP contribution in [0.4, 0.5) is 22.2 Å². The van der Waals surface area contributed by atoms with Crippen molar-refractivity contribution in [3.8, 4) is 5.75 Å². The number of hydrogen-bond donors (Lipinski definition) is 3. The van der Waals surface area contributed by atoms with Gasteiger partial charge in [-0.2, -0.15) is 0 Å². The van der Waals surface area contributed by atoms with Crippen LogP contribution in [-0.2, 0) is 20.9 Å². The van der Waals surface area contributed by atoms with Crippen molar-refractivity contribution in [2.45, 2.75) is 20.5 Å². The predicted molar refractivity (Wildman–Crippen MR) is 163 cm³/mol. The molecule has 1 aromatic carbocycles. The van der Waals surface area contributed by atoms with Crippen LogP contribution in [0.15, 0.2) is 78.9 Å². The fourth-order valence-corrected chi connectivity index (χ4v) is 3.36. The molecule has 0 radical (unpaired) electrons. The highest BCUT2D eigenvalue weighted by molar-refractivity contribution is 6.05. The lowest BCUT2D eigenvalue weighted by molar-refractivity contribution is -0.115. The number of Topliss-reactive ketones (excluding diaryl/α,β-unsaturated/α-hetero) is 1. The maximum atomic E-state index is 12.8. The number of ketones is 1. The number of carbonyl (C=O) groups excluding carboxylic acids is 5. The van der Waals surface area contributed by atoms with Gasteiger partial charge in [0.05, 0.1) is 14.2 Å². The molecule has 0 aliphatic heterocycles. The number of ether oxygens (including phenoxy) is 3. The Kier molecular flexibility index (Phi) is 12.2. The van der Waals surface area contributed by atoms with E-state index >= 15 is 0 Å². The number of aromatic nitrogens is 3. The summed E-state index contributed by atoms with van der Waals surface area (Å²) in [7, 11) is 2.78. The molecule has 45 heavy (non-hydrogen) atoms. The predicted octanol–water partition coefficient (Wildman–Crippen LogP) is 4.52. The summed E-state index contributed by atoms with van der Waals surface area (Å²) >= 11 is 0. The molecule has 3 aromatic heterocycles. The highest BCUT2D eigenvalue weighted by Gasteiger charge is 2.15. The highest BCUT2D eigenvalue weighted by Crippen LogP contribution is 2.14. The molecule has 0 saturated heterocycles. The van der Waals surface area contributed by atoms with E-state index in [4.69, 9.17) is 9.47 Å². The van der Waals surface area contributed by atoms with Crippen molar-refractivity contribution in [2.75, 3.05) is 30.2 Å². The van der Waals surface area contributed by atoms with Crippen LogP contribution < -0.4 is 20.7 Å². The molecule has 0 saturated carbocycles. The van der Waals surface area contributed by atoms with Crippen molar-refractivity contribution in [1.82, 2.24) is 15.0 Å². The third kappa shape index (κ3) is 10.9. The monoisotopic (exact) mass is 614 g/mol. The van der Waals surface area contributed by atoms with Crippen LogP contribution in [0.25, 0.3) is 0 Å². The summed E-state index contributed by atoms with van der Waals surface area (Å²) in [6.07, 6.45) is -0.752. The zero-order chi connectivity index (χ0) is 32.8. The first-order valence-corrected chi connectivity index (χ1v) is 13.2. The van der Waals surface area contributed by atoms with Crippen LogP contribution in [0, 0.1) is 0 Å². The molecule has 232 valence electrons. The van der Waals surface area contributed by atoms with Gasteiger partial charge in [0, 0.05) is 0 Å². The average molecular weight is 615 g/mol. The van der Waals surface area contributed by atoms with E-state index in [-0.39, 0.29) is 46.9 Å². The number of pyridine rings is 3. The summed E-state index contributed by atoms with van der Waals surface area (Å²) in [4.78, 5) is 71.1. The van der Waals surface area contributed by atoms with Gasteiger partial charge in [-0.25, -0.2) is 24.5 Å². The lowest BCUT2D eigenvalue weighted by Gasteiger charge is -2.09. The van der Waals surface area contributed by atoms with Crippen LogP contribution >= 0.6 is 0 Å². The van der Waals surface area contributed by atoms with E-state index in [1.807, 2.05) is 0 Å². The number of esters is 1. The van der Waals surface area contributed by atoms with Gasteiger partial charge in [-0.3, -0.25) is 14.9 Å². The fourth-order valence-electron chi connectivity index (χ4n) is 3.36. The second kappa shape index (κ2) is 16.5. The SMILES string of the molecule is CC(C)=O.COC(=O)c1cccc(NC(=O)c2cccc(NC(=O)c3cccc(NC(=O)OCc4ccc(OC)cc4)n3)n2)n1. The fraction of sp³-hybridized carbons (Fsp3) is 0.161. The van der Waals surface area contributed by atoms with Gasteiger partial charge < -0.3 is 29.6 Å². The smallest absolute Gasteiger partial charge is 0.413 e. The van der Waals surface area contributed by atoms with Gasteiger partial charge in [-0.15, -0.1) is 0 Å². The average Bonchev–Trinajstić information content (AvgIpc) is 3.03. The van der Waals surface area contributed by atoms with Crippen molar-refractivity contribution >= 4 is 47.1 Å². The number of anilines is 3. The number of benzene rings is 1. The molecule has 4 aromatic rings. The molecule has 0 aliphatic carbocycles. The van der Waals surface area contributed by atoms with Gasteiger partial charge >= 0.3 is 12.1 Å². The molecule has 14 heteroatoms. The number of hydrogen-bond acceptors (Lipinski definition) is 11. The summed E-state index contributed by atoms with van der Waals surface area (Å²) in [6.45, 7) is 3.08. The topological polar surface area (TPSA) is 188 Å². The van der Waals surface area contributed by atoms with Gasteiger partial charge in [-0.05, 0) is 67.9 Å². The molecule has 0 atom stereocenters. The second-order valence-corrected chi connectivity index (χ2v) is 9.08. The summed E-state index contributed by atoms with van der Waals surface area (Å²) in [5.41, 5.74) is 0.750. The molecule has 0 fully saturated rings. The Labute approximate surface area is 258 Å². The Morgan fingerprint density at radius 1 is 0.622 bits per heavy atom. The van der Waals surface area contributed by atoms with Crippen LogP contribution in [0.5, 0.6) is 5.75 Å². The maximum Gasteiger partial charge on any atom is 0.413 e. The molecule has 4 rings (SSSR count). The molecule has 0 bridgehead atoms. The summed E-state index contributed by atoms with van der Waals surface area (Å²) in [6, 6.07) is 20.4. The zero-order valence-electron chi connectivity index (χ0n) is 24.8. The molecule has 0 spiro atoms. The minimum absolute atomic E-state index is 0.0153. The highest BCUT2D eigenvalue weighted by atomic mass is 16.5. The first-order valence-electron chi connectivity index (χ1n) is 13.2. The third-order valence-electron chi connectivity index (χ3n) is 5.35. The molecular weight excluding hydrogens is 584 g/mol. The van der Waals surface area contributed by atoms with Crippen LogP contribution in [0.2, 0.25) is 0 Å². The van der Waals surface area contributed by atoms with E-state index in [9.17, 15) is 24.0 Å². The lowest BCUT2D eigenvalue weighted by atomic mass is 10.2. The number of amides is 3. The van der Waals surface area contributed by atoms with Gasteiger partial charge in [-0.1, -0.05) is 30.3 Å². The van der Waals surface area contributed by atoms with E-state index in [0.717, 1.165) is 5.56 Å². The van der Waals surface area contributed by atoms with Gasteiger partial charge in [0.25, 0.3) is 11.8 Å². The van der Waals surface area contributed by atoms with Gasteiger partial charge in [0.1, 0.15) is 47.0 Å². The van der Waals surface area contributed by atoms with Crippen LogP contribution in [0.1, 0.15) is 50.9 Å². The van der Waals surface area contributed by atoms with Crippen molar-refractivity contribution in [2.24, 2.45) is 0 Å². The van der Waals surface area contributed by atoms with E-state index in [1.165, 1.54) is 75.6 Å². The lowest BCUT2D eigenvalue weighted by Crippen LogP contribution is -2.19. The van der Waals surface area contributed by atoms with Crippen LogP contribution in [0.3, 0.4) is 0 Å². The number of rotatable bonds is 9. The zero-order valence-corrected chi connectivity index (χ0v) is 24.8. The molecule has 3 N–H and O–H groups in total. The normalized spacial score (nSPS) is 9.87.